The summed E-state index contributed by atoms with van der Waals surface area (Å²) in [6, 6.07) is 6.69. The maximum atomic E-state index is 5.96. The normalized spacial score (nSPS) is 21.7. The smallest absolute Gasteiger partial charge is 0.316 e. The highest BCUT2D eigenvalue weighted by atomic mass is 16.5. The number of hydrogen-bond donors (Lipinski definition) is 0. The Morgan fingerprint density at radius 3 is 2.57 bits per heavy atom. The van der Waals surface area contributed by atoms with Crippen LogP contribution in [0.3, 0.4) is 0 Å². The molecular formula is C16H20N4O. The van der Waals surface area contributed by atoms with Gasteiger partial charge in [-0.05, 0) is 45.5 Å². The minimum Gasteiger partial charge on any atom is -0.458 e. The van der Waals surface area contributed by atoms with Gasteiger partial charge in [-0.15, -0.1) is 0 Å². The fraction of sp³-hybridized carbons (Fsp3) is 0.438. The Morgan fingerprint density at radius 1 is 1.10 bits per heavy atom. The van der Waals surface area contributed by atoms with Gasteiger partial charge in [0.25, 0.3) is 0 Å². The average molecular weight is 284 g/mol. The molecule has 110 valence electrons. The Hall–Kier alpha value is -2.01. The molecule has 0 radical (unpaired) electrons. The first-order valence-electron chi connectivity index (χ1n) is 7.30. The second kappa shape index (κ2) is 6.18. The van der Waals surface area contributed by atoms with E-state index in [1.807, 2.05) is 18.2 Å². The van der Waals surface area contributed by atoms with Crippen LogP contribution in [0.2, 0.25) is 0 Å². The quantitative estimate of drug-likeness (QED) is 0.863. The largest absolute Gasteiger partial charge is 0.458 e. The van der Waals surface area contributed by atoms with Crippen LogP contribution in [0, 0.1) is 0 Å². The summed E-state index contributed by atoms with van der Waals surface area (Å²) >= 11 is 0. The molecule has 0 unspecified atom stereocenters. The van der Waals surface area contributed by atoms with Crippen LogP contribution in [0.15, 0.2) is 36.8 Å². The summed E-state index contributed by atoms with van der Waals surface area (Å²) in [6.07, 6.45) is 8.91. The topological polar surface area (TPSA) is 51.1 Å². The van der Waals surface area contributed by atoms with Gasteiger partial charge in [-0.25, -0.2) is 9.97 Å². The number of likely N-dealkylation sites (N-methyl/N-ethyl adjacent to an activating group) is 1. The van der Waals surface area contributed by atoms with Gasteiger partial charge >= 0.3 is 6.01 Å². The Balaban J connectivity index is 1.70. The van der Waals surface area contributed by atoms with Crippen molar-refractivity contribution in [2.24, 2.45) is 0 Å². The molecule has 2 aromatic heterocycles. The molecule has 5 nitrogen and oxygen atoms in total. The molecule has 2 aromatic rings. The van der Waals surface area contributed by atoms with Crippen molar-refractivity contribution >= 4 is 0 Å². The number of aromatic nitrogens is 3. The standard InChI is InChI=1S/C16H20N4O/c1-20(2)14-7-5-8-15(14)21-16-18-10-12(11-19-16)13-6-3-4-9-17-13/h3-4,6,9-11,14-15H,5,7-8H2,1-2H3/t14-,15-/m1/s1. The van der Waals surface area contributed by atoms with E-state index in [0.29, 0.717) is 12.1 Å². The molecular weight excluding hydrogens is 264 g/mol. The maximum Gasteiger partial charge on any atom is 0.316 e. The molecule has 3 rings (SSSR count). The van der Waals surface area contributed by atoms with Crippen molar-refractivity contribution in [2.45, 2.75) is 31.4 Å². The van der Waals surface area contributed by atoms with Crippen molar-refractivity contribution in [3.05, 3.63) is 36.8 Å². The lowest BCUT2D eigenvalue weighted by Gasteiger charge is -2.25. The molecule has 0 aromatic carbocycles. The zero-order valence-corrected chi connectivity index (χ0v) is 12.4. The summed E-state index contributed by atoms with van der Waals surface area (Å²) in [7, 11) is 4.19. The zero-order valence-electron chi connectivity index (χ0n) is 12.4. The molecule has 0 amide bonds. The van der Waals surface area contributed by atoms with Crippen LogP contribution in [0.1, 0.15) is 19.3 Å². The van der Waals surface area contributed by atoms with Crippen LogP contribution in [0.25, 0.3) is 11.3 Å². The van der Waals surface area contributed by atoms with E-state index in [9.17, 15) is 0 Å². The first-order chi connectivity index (χ1) is 10.2. The summed E-state index contributed by atoms with van der Waals surface area (Å²) in [5, 5.41) is 0. The van der Waals surface area contributed by atoms with Crippen LogP contribution in [-0.2, 0) is 0 Å². The van der Waals surface area contributed by atoms with Crippen LogP contribution in [0.5, 0.6) is 6.01 Å². The third kappa shape index (κ3) is 3.19. The van der Waals surface area contributed by atoms with Crippen molar-refractivity contribution in [1.29, 1.82) is 0 Å². The highest BCUT2D eigenvalue weighted by Crippen LogP contribution is 2.26. The molecule has 21 heavy (non-hydrogen) atoms. The molecule has 0 aliphatic heterocycles. The summed E-state index contributed by atoms with van der Waals surface area (Å²) in [4.78, 5) is 15.2. The van der Waals surface area contributed by atoms with Crippen LogP contribution in [0.4, 0.5) is 0 Å². The second-order valence-electron chi connectivity index (χ2n) is 5.59. The molecule has 2 heterocycles. The third-order valence-corrected chi connectivity index (χ3v) is 3.93. The molecule has 0 N–H and O–H groups in total. The van der Waals surface area contributed by atoms with Gasteiger partial charge in [-0.2, -0.15) is 0 Å². The van der Waals surface area contributed by atoms with Gasteiger partial charge in [0.1, 0.15) is 6.10 Å². The molecule has 5 heteroatoms. The lowest BCUT2D eigenvalue weighted by molar-refractivity contribution is 0.111. The molecule has 2 atom stereocenters. The fourth-order valence-corrected chi connectivity index (χ4v) is 2.81. The third-order valence-electron chi connectivity index (χ3n) is 3.93. The van der Waals surface area contributed by atoms with E-state index in [4.69, 9.17) is 4.74 Å². The molecule has 0 saturated heterocycles. The predicted molar refractivity (Wildman–Crippen MR) is 81.0 cm³/mol. The molecule has 1 saturated carbocycles. The molecule has 0 bridgehead atoms. The van der Waals surface area contributed by atoms with Crippen molar-refractivity contribution in [3.63, 3.8) is 0 Å². The molecule has 1 aliphatic carbocycles. The number of rotatable bonds is 4. The maximum absolute atomic E-state index is 5.96. The van der Waals surface area contributed by atoms with E-state index in [1.54, 1.807) is 18.6 Å². The average Bonchev–Trinajstić information content (AvgIpc) is 2.97. The van der Waals surface area contributed by atoms with Crippen molar-refractivity contribution in [2.75, 3.05) is 14.1 Å². The van der Waals surface area contributed by atoms with Gasteiger partial charge in [-0.1, -0.05) is 6.07 Å². The van der Waals surface area contributed by atoms with Crippen LogP contribution >= 0.6 is 0 Å². The number of pyridine rings is 1. The van der Waals surface area contributed by atoms with E-state index < -0.39 is 0 Å². The van der Waals surface area contributed by atoms with E-state index in [-0.39, 0.29) is 6.10 Å². The van der Waals surface area contributed by atoms with Crippen LogP contribution < -0.4 is 4.74 Å². The van der Waals surface area contributed by atoms with Crippen molar-refractivity contribution in [1.82, 2.24) is 19.9 Å². The van der Waals surface area contributed by atoms with Crippen molar-refractivity contribution in [3.8, 4) is 17.3 Å². The Bertz CT molecular complexity index is 571. The van der Waals surface area contributed by atoms with E-state index in [2.05, 4.69) is 33.9 Å². The fourth-order valence-electron chi connectivity index (χ4n) is 2.81. The lowest BCUT2D eigenvalue weighted by Crippen LogP contribution is -2.38. The number of ether oxygens (including phenoxy) is 1. The first-order valence-corrected chi connectivity index (χ1v) is 7.30. The summed E-state index contributed by atoms with van der Waals surface area (Å²) in [5.41, 5.74) is 1.77. The minimum absolute atomic E-state index is 0.181. The van der Waals surface area contributed by atoms with E-state index in [0.717, 1.165) is 17.7 Å². The van der Waals surface area contributed by atoms with Gasteiger partial charge < -0.3 is 9.64 Å². The van der Waals surface area contributed by atoms with E-state index >= 15 is 0 Å². The molecule has 0 spiro atoms. The number of nitrogens with zero attached hydrogens (tertiary/aromatic N) is 4. The summed E-state index contributed by atoms with van der Waals surface area (Å²) in [6.45, 7) is 0. The summed E-state index contributed by atoms with van der Waals surface area (Å²) in [5.74, 6) is 0. The van der Waals surface area contributed by atoms with Gasteiger partial charge in [0.2, 0.25) is 0 Å². The molecule has 1 aliphatic rings. The molecule has 1 fully saturated rings. The minimum atomic E-state index is 0.181. The predicted octanol–water partition coefficient (Wildman–Crippen LogP) is 2.40. The van der Waals surface area contributed by atoms with Gasteiger partial charge in [-0.3, -0.25) is 4.98 Å². The zero-order chi connectivity index (χ0) is 14.7. The lowest BCUT2D eigenvalue weighted by atomic mass is 10.2. The Morgan fingerprint density at radius 2 is 1.90 bits per heavy atom. The highest BCUT2D eigenvalue weighted by Gasteiger charge is 2.31. The Kier molecular flexibility index (Phi) is 4.10. The monoisotopic (exact) mass is 284 g/mol. The summed E-state index contributed by atoms with van der Waals surface area (Å²) < 4.78 is 5.96. The number of hydrogen-bond acceptors (Lipinski definition) is 5. The van der Waals surface area contributed by atoms with Crippen molar-refractivity contribution < 1.29 is 4.74 Å². The van der Waals surface area contributed by atoms with Gasteiger partial charge in [0, 0.05) is 30.2 Å². The Labute approximate surface area is 125 Å². The SMILES string of the molecule is CN(C)[C@@H]1CCC[C@H]1Oc1ncc(-c2ccccn2)cn1. The van der Waals surface area contributed by atoms with E-state index in [1.165, 1.54) is 12.8 Å². The van der Waals surface area contributed by atoms with Gasteiger partial charge in [0.05, 0.1) is 5.69 Å². The highest BCUT2D eigenvalue weighted by molar-refractivity contribution is 5.56. The second-order valence-corrected chi connectivity index (χ2v) is 5.59. The van der Waals surface area contributed by atoms with Gasteiger partial charge in [0.15, 0.2) is 0 Å². The first kappa shape index (κ1) is 13.9. The van der Waals surface area contributed by atoms with Crippen LogP contribution in [-0.4, -0.2) is 46.1 Å².